The van der Waals surface area contributed by atoms with Crippen molar-refractivity contribution in [2.45, 2.75) is 33.2 Å². The number of ether oxygens (including phenoxy) is 1. The van der Waals surface area contributed by atoms with Crippen LogP contribution < -0.4 is 4.74 Å². The fraction of sp³-hybridized carbons (Fsp3) is 0.533. The van der Waals surface area contributed by atoms with Crippen molar-refractivity contribution in [3.63, 3.8) is 0 Å². The quantitative estimate of drug-likeness (QED) is 0.785. The Hall–Kier alpha value is -1.55. The molecule has 0 atom stereocenters. The Bertz CT molecular complexity index is 412. The van der Waals surface area contributed by atoms with Crippen molar-refractivity contribution in [1.82, 2.24) is 4.90 Å². The van der Waals surface area contributed by atoms with E-state index in [9.17, 15) is 4.79 Å². The van der Waals surface area contributed by atoms with Crippen LogP contribution in [-0.2, 0) is 6.54 Å². The van der Waals surface area contributed by atoms with E-state index in [2.05, 4.69) is 18.7 Å². The summed E-state index contributed by atoms with van der Waals surface area (Å²) in [6.45, 7) is 7.15. The Morgan fingerprint density at radius 3 is 2.37 bits per heavy atom. The number of hydrogen-bond acceptors (Lipinski definition) is 3. The normalized spacial score (nSPS) is 10.7. The first-order chi connectivity index (χ1) is 9.12. The summed E-state index contributed by atoms with van der Waals surface area (Å²) in [4.78, 5) is 13.5. The summed E-state index contributed by atoms with van der Waals surface area (Å²) in [5.41, 5.74) is 1.24. The minimum atomic E-state index is -0.948. The summed E-state index contributed by atoms with van der Waals surface area (Å²) in [6, 6.07) is 5.37. The molecule has 0 aliphatic carbocycles. The molecular weight excluding hydrogens is 242 g/mol. The van der Waals surface area contributed by atoms with Gasteiger partial charge in [0.05, 0.1) is 7.11 Å². The van der Waals surface area contributed by atoms with Crippen molar-refractivity contribution in [2.75, 3.05) is 20.2 Å². The van der Waals surface area contributed by atoms with Gasteiger partial charge in [0.1, 0.15) is 11.3 Å². The van der Waals surface area contributed by atoms with Gasteiger partial charge in [-0.25, -0.2) is 4.79 Å². The van der Waals surface area contributed by atoms with Crippen molar-refractivity contribution in [1.29, 1.82) is 0 Å². The molecule has 0 spiro atoms. The minimum absolute atomic E-state index is 0.230. The van der Waals surface area contributed by atoms with E-state index in [0.29, 0.717) is 5.75 Å². The SMILES string of the molecule is CCCN(CCC)Cc1ccc(OC)c(C(=O)O)c1. The van der Waals surface area contributed by atoms with Crippen molar-refractivity contribution in [3.05, 3.63) is 29.3 Å². The van der Waals surface area contributed by atoms with Crippen LogP contribution in [0.25, 0.3) is 0 Å². The lowest BCUT2D eigenvalue weighted by atomic mass is 10.1. The molecule has 0 amide bonds. The Kier molecular flexibility index (Phi) is 6.36. The second kappa shape index (κ2) is 7.79. The molecule has 1 N–H and O–H groups in total. The number of hydrogen-bond donors (Lipinski definition) is 1. The van der Waals surface area contributed by atoms with E-state index >= 15 is 0 Å². The standard InChI is InChI=1S/C15H23NO3/c1-4-8-16(9-5-2)11-12-6-7-14(19-3)13(10-12)15(17)18/h6-7,10H,4-5,8-9,11H2,1-3H3,(H,17,18). The maximum Gasteiger partial charge on any atom is 0.339 e. The molecule has 0 fully saturated rings. The first-order valence-electron chi connectivity index (χ1n) is 6.74. The van der Waals surface area contributed by atoms with Crippen molar-refractivity contribution < 1.29 is 14.6 Å². The Labute approximate surface area is 115 Å². The maximum atomic E-state index is 11.2. The molecular formula is C15H23NO3. The summed E-state index contributed by atoms with van der Waals surface area (Å²) >= 11 is 0. The van der Waals surface area contributed by atoms with E-state index in [0.717, 1.165) is 38.0 Å². The van der Waals surface area contributed by atoms with E-state index in [-0.39, 0.29) is 5.56 Å². The summed E-state index contributed by atoms with van der Waals surface area (Å²) < 4.78 is 5.07. The zero-order valence-electron chi connectivity index (χ0n) is 12.0. The van der Waals surface area contributed by atoms with E-state index in [4.69, 9.17) is 9.84 Å². The second-order valence-corrected chi connectivity index (χ2v) is 4.62. The van der Waals surface area contributed by atoms with E-state index in [1.165, 1.54) is 7.11 Å². The lowest BCUT2D eigenvalue weighted by Gasteiger charge is -2.21. The molecule has 0 radical (unpaired) electrons. The van der Waals surface area contributed by atoms with Crippen LogP contribution in [0.4, 0.5) is 0 Å². The number of carboxylic acid groups (broad SMARTS) is 1. The van der Waals surface area contributed by atoms with E-state index in [1.807, 2.05) is 6.07 Å². The zero-order chi connectivity index (χ0) is 14.3. The third-order valence-electron chi connectivity index (χ3n) is 2.98. The molecule has 0 aliphatic heterocycles. The van der Waals surface area contributed by atoms with Crippen LogP contribution in [0.5, 0.6) is 5.75 Å². The summed E-state index contributed by atoms with van der Waals surface area (Å²) in [5, 5.41) is 9.17. The van der Waals surface area contributed by atoms with Gasteiger partial charge in [-0.3, -0.25) is 4.90 Å². The highest BCUT2D eigenvalue weighted by atomic mass is 16.5. The highest BCUT2D eigenvalue weighted by molar-refractivity contribution is 5.91. The molecule has 1 aromatic carbocycles. The number of benzene rings is 1. The van der Waals surface area contributed by atoms with Gasteiger partial charge in [0, 0.05) is 6.54 Å². The molecule has 106 valence electrons. The molecule has 0 unspecified atom stereocenters. The lowest BCUT2D eigenvalue weighted by molar-refractivity contribution is 0.0693. The van der Waals surface area contributed by atoms with Crippen molar-refractivity contribution >= 4 is 5.97 Å². The van der Waals surface area contributed by atoms with Gasteiger partial charge < -0.3 is 9.84 Å². The predicted octanol–water partition coefficient (Wildman–Crippen LogP) is 3.02. The van der Waals surface area contributed by atoms with Crippen molar-refractivity contribution in [3.8, 4) is 5.75 Å². The summed E-state index contributed by atoms with van der Waals surface area (Å²) in [6.07, 6.45) is 2.20. The highest BCUT2D eigenvalue weighted by Gasteiger charge is 2.12. The number of nitrogens with zero attached hydrogens (tertiary/aromatic N) is 1. The second-order valence-electron chi connectivity index (χ2n) is 4.62. The van der Waals surface area contributed by atoms with Crippen LogP contribution in [0, 0.1) is 0 Å². The molecule has 0 saturated heterocycles. The van der Waals surface area contributed by atoms with Crippen LogP contribution >= 0.6 is 0 Å². The van der Waals surface area contributed by atoms with Gasteiger partial charge >= 0.3 is 5.97 Å². The first-order valence-corrected chi connectivity index (χ1v) is 6.74. The molecule has 19 heavy (non-hydrogen) atoms. The number of methoxy groups -OCH3 is 1. The zero-order valence-corrected chi connectivity index (χ0v) is 12.0. The van der Waals surface area contributed by atoms with Crippen molar-refractivity contribution in [2.24, 2.45) is 0 Å². The first kappa shape index (κ1) is 15.5. The summed E-state index contributed by atoms with van der Waals surface area (Å²) in [7, 11) is 1.49. The maximum absolute atomic E-state index is 11.2. The number of carboxylic acids is 1. The molecule has 0 saturated carbocycles. The molecule has 1 rings (SSSR count). The van der Waals surface area contributed by atoms with Crippen LogP contribution in [0.3, 0.4) is 0 Å². The van der Waals surface area contributed by atoms with Gasteiger partial charge in [0.2, 0.25) is 0 Å². The Morgan fingerprint density at radius 2 is 1.89 bits per heavy atom. The lowest BCUT2D eigenvalue weighted by Crippen LogP contribution is -2.25. The molecule has 4 heteroatoms. The van der Waals surface area contributed by atoms with Gasteiger partial charge in [-0.1, -0.05) is 19.9 Å². The molecule has 0 aliphatic rings. The van der Waals surface area contributed by atoms with Gasteiger partial charge in [0.15, 0.2) is 0 Å². The van der Waals surface area contributed by atoms with Gasteiger partial charge in [-0.15, -0.1) is 0 Å². The van der Waals surface area contributed by atoms with Crippen LogP contribution in [0.15, 0.2) is 18.2 Å². The fourth-order valence-electron chi connectivity index (χ4n) is 2.18. The fourth-order valence-corrected chi connectivity index (χ4v) is 2.18. The molecule has 0 aromatic heterocycles. The largest absolute Gasteiger partial charge is 0.496 e. The average molecular weight is 265 g/mol. The van der Waals surface area contributed by atoms with Crippen LogP contribution in [0.1, 0.15) is 42.6 Å². The predicted molar refractivity (Wildman–Crippen MR) is 75.8 cm³/mol. The average Bonchev–Trinajstić information content (AvgIpc) is 2.39. The molecule has 4 nitrogen and oxygen atoms in total. The molecule has 1 aromatic rings. The van der Waals surface area contributed by atoms with Gasteiger partial charge in [0.25, 0.3) is 0 Å². The molecule has 0 heterocycles. The smallest absolute Gasteiger partial charge is 0.339 e. The summed E-state index contributed by atoms with van der Waals surface area (Å²) in [5.74, 6) is -0.537. The van der Waals surface area contributed by atoms with E-state index < -0.39 is 5.97 Å². The van der Waals surface area contributed by atoms with Gasteiger partial charge in [-0.05, 0) is 43.6 Å². The van der Waals surface area contributed by atoms with E-state index in [1.54, 1.807) is 12.1 Å². The topological polar surface area (TPSA) is 49.8 Å². The van der Waals surface area contributed by atoms with Gasteiger partial charge in [-0.2, -0.15) is 0 Å². The number of aromatic carboxylic acids is 1. The van der Waals surface area contributed by atoms with Crippen LogP contribution in [-0.4, -0.2) is 36.2 Å². The highest BCUT2D eigenvalue weighted by Crippen LogP contribution is 2.20. The number of rotatable bonds is 8. The third-order valence-corrected chi connectivity index (χ3v) is 2.98. The van der Waals surface area contributed by atoms with Crippen LogP contribution in [0.2, 0.25) is 0 Å². The third kappa shape index (κ3) is 4.56. The monoisotopic (exact) mass is 265 g/mol. The Morgan fingerprint density at radius 1 is 1.26 bits per heavy atom. The molecule has 0 bridgehead atoms. The number of carbonyl (C=O) groups is 1. The Balaban J connectivity index is 2.88. The minimum Gasteiger partial charge on any atom is -0.496 e.